The quantitative estimate of drug-likeness (QED) is 0.863. The van der Waals surface area contributed by atoms with Crippen LogP contribution in [-0.4, -0.2) is 11.1 Å². The maximum absolute atomic E-state index is 13.5. The zero-order valence-corrected chi connectivity index (χ0v) is 10.5. The van der Waals surface area contributed by atoms with Crippen LogP contribution in [0.15, 0.2) is 53.4 Å². The van der Waals surface area contributed by atoms with Gasteiger partial charge in [0.1, 0.15) is 16.9 Å². The molecule has 0 aliphatic rings. The van der Waals surface area contributed by atoms with Gasteiger partial charge in [-0.25, -0.2) is 8.78 Å². The fourth-order valence-electron chi connectivity index (χ4n) is 1.58. The molecule has 0 saturated carbocycles. The van der Waals surface area contributed by atoms with E-state index in [1.165, 1.54) is 0 Å². The van der Waals surface area contributed by atoms with Gasteiger partial charge in [0, 0.05) is 4.90 Å². The van der Waals surface area contributed by atoms with Gasteiger partial charge >= 0.3 is 5.97 Å². The van der Waals surface area contributed by atoms with Gasteiger partial charge in [-0.1, -0.05) is 30.3 Å². The van der Waals surface area contributed by atoms with Crippen molar-refractivity contribution in [1.29, 1.82) is 0 Å². The molecule has 2 nitrogen and oxygen atoms in total. The second-order valence-electron chi connectivity index (χ2n) is 3.82. The molecule has 0 radical (unpaired) electrons. The van der Waals surface area contributed by atoms with Crippen LogP contribution < -0.4 is 0 Å². The fourth-order valence-corrected chi connectivity index (χ4v) is 2.59. The molecule has 0 saturated heterocycles. The molecule has 0 fully saturated rings. The third kappa shape index (κ3) is 3.32. The van der Waals surface area contributed by atoms with Gasteiger partial charge in [0.05, 0.1) is 0 Å². The maximum atomic E-state index is 13.5. The number of thioether (sulfide) groups is 1. The van der Waals surface area contributed by atoms with Crippen LogP contribution in [0.2, 0.25) is 0 Å². The molecule has 0 bridgehead atoms. The summed E-state index contributed by atoms with van der Waals surface area (Å²) in [5.41, 5.74) is 0.531. The summed E-state index contributed by atoms with van der Waals surface area (Å²) in [5.74, 6) is -2.32. The van der Waals surface area contributed by atoms with E-state index in [4.69, 9.17) is 0 Å². The summed E-state index contributed by atoms with van der Waals surface area (Å²) in [6.07, 6.45) is 0. The highest BCUT2D eigenvalue weighted by atomic mass is 32.2. The van der Waals surface area contributed by atoms with Gasteiger partial charge < -0.3 is 5.11 Å². The minimum atomic E-state index is -1.10. The zero-order chi connectivity index (χ0) is 13.8. The van der Waals surface area contributed by atoms with Gasteiger partial charge in [-0.15, -0.1) is 11.8 Å². The third-order valence-corrected chi connectivity index (χ3v) is 3.74. The van der Waals surface area contributed by atoms with Crippen LogP contribution in [0.5, 0.6) is 0 Å². The minimum absolute atomic E-state index is 0.0174. The molecule has 0 amide bonds. The fraction of sp³-hybridized carbons (Fsp3) is 0.0714. The molecule has 2 aromatic rings. The van der Waals surface area contributed by atoms with Crippen LogP contribution in [0, 0.1) is 11.6 Å². The van der Waals surface area contributed by atoms with Crippen LogP contribution in [0.3, 0.4) is 0 Å². The molecule has 0 aromatic heterocycles. The van der Waals surface area contributed by atoms with Crippen LogP contribution in [-0.2, 0) is 4.79 Å². The first-order chi connectivity index (χ1) is 9.08. The van der Waals surface area contributed by atoms with Crippen molar-refractivity contribution < 1.29 is 18.7 Å². The Morgan fingerprint density at radius 2 is 1.79 bits per heavy atom. The van der Waals surface area contributed by atoms with E-state index in [0.29, 0.717) is 5.56 Å². The summed E-state index contributed by atoms with van der Waals surface area (Å²) < 4.78 is 26.6. The molecular formula is C14H10F2O2S. The van der Waals surface area contributed by atoms with Crippen molar-refractivity contribution in [2.75, 3.05) is 0 Å². The van der Waals surface area contributed by atoms with Gasteiger partial charge in [0.2, 0.25) is 0 Å². The first-order valence-electron chi connectivity index (χ1n) is 5.47. The number of hydrogen-bond donors (Lipinski definition) is 1. The molecule has 5 heteroatoms. The van der Waals surface area contributed by atoms with Crippen molar-refractivity contribution >= 4 is 17.7 Å². The van der Waals surface area contributed by atoms with Gasteiger partial charge in [0.15, 0.2) is 0 Å². The van der Waals surface area contributed by atoms with E-state index in [-0.39, 0.29) is 4.90 Å². The van der Waals surface area contributed by atoms with Gasteiger partial charge in [0.25, 0.3) is 0 Å². The Bertz CT molecular complexity index is 587. The van der Waals surface area contributed by atoms with Crippen LogP contribution in [0.4, 0.5) is 8.78 Å². The van der Waals surface area contributed by atoms with E-state index >= 15 is 0 Å². The number of carboxylic acid groups (broad SMARTS) is 1. The molecule has 2 rings (SSSR count). The van der Waals surface area contributed by atoms with Gasteiger partial charge in [-0.2, -0.15) is 0 Å². The summed E-state index contributed by atoms with van der Waals surface area (Å²) >= 11 is 0.776. The first-order valence-corrected chi connectivity index (χ1v) is 6.35. The molecule has 0 spiro atoms. The van der Waals surface area contributed by atoms with Crippen LogP contribution >= 0.6 is 11.8 Å². The van der Waals surface area contributed by atoms with Crippen molar-refractivity contribution in [3.63, 3.8) is 0 Å². The van der Waals surface area contributed by atoms with E-state index < -0.39 is 22.9 Å². The normalized spacial score (nSPS) is 12.1. The number of benzene rings is 2. The molecule has 1 N–H and O–H groups in total. The molecule has 19 heavy (non-hydrogen) atoms. The molecule has 0 aliphatic carbocycles. The predicted octanol–water partition coefficient (Wildman–Crippen LogP) is 3.88. The van der Waals surface area contributed by atoms with E-state index in [0.717, 1.165) is 30.0 Å². The summed E-state index contributed by atoms with van der Waals surface area (Å²) in [5, 5.41) is 8.24. The largest absolute Gasteiger partial charge is 0.480 e. The van der Waals surface area contributed by atoms with E-state index in [1.807, 2.05) is 0 Å². The minimum Gasteiger partial charge on any atom is -0.480 e. The molecule has 1 atom stereocenters. The highest BCUT2D eigenvalue weighted by Gasteiger charge is 2.22. The third-order valence-electron chi connectivity index (χ3n) is 2.46. The lowest BCUT2D eigenvalue weighted by molar-refractivity contribution is -0.136. The van der Waals surface area contributed by atoms with E-state index in [9.17, 15) is 18.7 Å². The zero-order valence-electron chi connectivity index (χ0n) is 9.72. The maximum Gasteiger partial charge on any atom is 0.321 e. The smallest absolute Gasteiger partial charge is 0.321 e. The van der Waals surface area contributed by atoms with Crippen molar-refractivity contribution in [2.24, 2.45) is 0 Å². The molecular weight excluding hydrogens is 270 g/mol. The SMILES string of the molecule is O=C(O)[C@@H](Sc1cc(F)ccc1F)c1ccccc1. The van der Waals surface area contributed by atoms with E-state index in [2.05, 4.69) is 0 Å². The number of halogens is 2. The second-order valence-corrected chi connectivity index (χ2v) is 4.97. The first kappa shape index (κ1) is 13.5. The topological polar surface area (TPSA) is 37.3 Å². The average molecular weight is 280 g/mol. The lowest BCUT2D eigenvalue weighted by Crippen LogP contribution is -2.08. The van der Waals surface area contributed by atoms with Crippen molar-refractivity contribution in [3.05, 3.63) is 65.7 Å². The van der Waals surface area contributed by atoms with Gasteiger partial charge in [-0.3, -0.25) is 4.79 Å². The molecule has 0 heterocycles. The number of carbonyl (C=O) groups is 1. The highest BCUT2D eigenvalue weighted by Crippen LogP contribution is 2.36. The number of carboxylic acids is 1. The predicted molar refractivity (Wildman–Crippen MR) is 69.0 cm³/mol. The Hall–Kier alpha value is -1.88. The molecule has 2 aromatic carbocycles. The lowest BCUT2D eigenvalue weighted by Gasteiger charge is -2.12. The molecule has 98 valence electrons. The van der Waals surface area contributed by atoms with Crippen LogP contribution in [0.1, 0.15) is 10.8 Å². The Morgan fingerprint density at radius 1 is 1.11 bits per heavy atom. The summed E-state index contributed by atoms with van der Waals surface area (Å²) in [4.78, 5) is 11.2. The lowest BCUT2D eigenvalue weighted by atomic mass is 10.1. The standard InChI is InChI=1S/C14H10F2O2S/c15-10-6-7-11(16)12(8-10)19-13(14(17)18)9-4-2-1-3-5-9/h1-8,13H,(H,17,18)/t13-/m0/s1. The van der Waals surface area contributed by atoms with Crippen molar-refractivity contribution in [3.8, 4) is 0 Å². The average Bonchev–Trinajstić information content (AvgIpc) is 2.40. The summed E-state index contributed by atoms with van der Waals surface area (Å²) in [7, 11) is 0. The number of hydrogen-bond acceptors (Lipinski definition) is 2. The van der Waals surface area contributed by atoms with Crippen LogP contribution in [0.25, 0.3) is 0 Å². The number of aliphatic carboxylic acids is 1. The van der Waals surface area contributed by atoms with Crippen molar-refractivity contribution in [1.82, 2.24) is 0 Å². The Balaban J connectivity index is 2.32. The second kappa shape index (κ2) is 5.84. The van der Waals surface area contributed by atoms with Gasteiger partial charge in [-0.05, 0) is 23.8 Å². The summed E-state index contributed by atoms with van der Waals surface area (Å²) in [6.45, 7) is 0. The summed E-state index contributed by atoms with van der Waals surface area (Å²) in [6, 6.07) is 11.4. The Labute approximate surface area is 113 Å². The molecule has 0 aliphatic heterocycles. The highest BCUT2D eigenvalue weighted by molar-refractivity contribution is 8.00. The van der Waals surface area contributed by atoms with E-state index in [1.54, 1.807) is 30.3 Å². The molecule has 0 unspecified atom stereocenters. The number of rotatable bonds is 4. The Kier molecular flexibility index (Phi) is 4.16. The monoisotopic (exact) mass is 280 g/mol. The Morgan fingerprint density at radius 3 is 2.42 bits per heavy atom. The van der Waals surface area contributed by atoms with Crippen molar-refractivity contribution in [2.45, 2.75) is 10.1 Å².